The van der Waals surface area contributed by atoms with E-state index in [4.69, 9.17) is 0 Å². The minimum atomic E-state index is -0.112. The zero-order valence-corrected chi connectivity index (χ0v) is 13.8. The minimum Gasteiger partial charge on any atom is -0.324 e. The summed E-state index contributed by atoms with van der Waals surface area (Å²) in [6.45, 7) is 6.85. The Kier molecular flexibility index (Phi) is 5.34. The Bertz CT molecular complexity index is 617. The molecule has 0 aliphatic rings. The van der Waals surface area contributed by atoms with Crippen molar-refractivity contribution in [2.45, 2.75) is 33.4 Å². The van der Waals surface area contributed by atoms with E-state index < -0.39 is 0 Å². The van der Waals surface area contributed by atoms with Gasteiger partial charge in [0.1, 0.15) is 6.54 Å². The van der Waals surface area contributed by atoms with Gasteiger partial charge in [0.15, 0.2) is 6.04 Å². The highest BCUT2D eigenvalue weighted by atomic mass is 16.2. The van der Waals surface area contributed by atoms with E-state index >= 15 is 0 Å². The summed E-state index contributed by atoms with van der Waals surface area (Å²) in [6.07, 6.45) is 0. The molecule has 0 fully saturated rings. The van der Waals surface area contributed by atoms with Crippen LogP contribution in [-0.4, -0.2) is 19.0 Å². The maximum Gasteiger partial charge on any atom is 0.282 e. The fourth-order valence-electron chi connectivity index (χ4n) is 2.54. The molecule has 1 unspecified atom stereocenters. The first kappa shape index (κ1) is 16.2. The molecule has 0 aromatic heterocycles. The lowest BCUT2D eigenvalue weighted by molar-refractivity contribution is -0.907. The quantitative estimate of drug-likeness (QED) is 0.872. The van der Waals surface area contributed by atoms with Crippen LogP contribution >= 0.6 is 0 Å². The lowest BCUT2D eigenvalue weighted by atomic mass is 10.1. The molecule has 0 heterocycles. The Hall–Kier alpha value is -2.13. The van der Waals surface area contributed by atoms with Gasteiger partial charge in [-0.25, -0.2) is 0 Å². The number of amides is 1. The van der Waals surface area contributed by atoms with Crippen LogP contribution in [0, 0.1) is 13.8 Å². The second-order valence-electron chi connectivity index (χ2n) is 5.99. The molecule has 2 aromatic carbocycles. The molecule has 2 atom stereocenters. The lowest BCUT2D eigenvalue weighted by Gasteiger charge is -2.22. The number of carbonyl (C=O) groups excluding carboxylic acids is 1. The number of para-hydroxylation sites is 1. The number of quaternary nitrogens is 1. The summed E-state index contributed by atoms with van der Waals surface area (Å²) in [4.78, 5) is 13.7. The Labute approximate surface area is 133 Å². The van der Waals surface area contributed by atoms with Gasteiger partial charge in [-0.05, 0) is 31.9 Å². The van der Waals surface area contributed by atoms with Crippen LogP contribution in [0.25, 0.3) is 0 Å². The fourth-order valence-corrected chi connectivity index (χ4v) is 2.54. The monoisotopic (exact) mass is 297 g/mol. The molecule has 1 amide bonds. The van der Waals surface area contributed by atoms with E-state index in [9.17, 15) is 4.79 Å². The summed E-state index contributed by atoms with van der Waals surface area (Å²) >= 11 is 0. The van der Waals surface area contributed by atoms with Crippen LogP contribution in [0.3, 0.4) is 0 Å². The van der Waals surface area contributed by atoms with E-state index in [0.29, 0.717) is 0 Å². The van der Waals surface area contributed by atoms with Crippen molar-refractivity contribution in [3.8, 4) is 0 Å². The molecule has 0 aliphatic heterocycles. The van der Waals surface area contributed by atoms with Gasteiger partial charge in [0.2, 0.25) is 0 Å². The summed E-state index contributed by atoms with van der Waals surface area (Å²) < 4.78 is 0. The highest BCUT2D eigenvalue weighted by molar-refractivity contribution is 5.95. The van der Waals surface area contributed by atoms with Gasteiger partial charge in [-0.15, -0.1) is 0 Å². The topological polar surface area (TPSA) is 33.5 Å². The van der Waals surface area contributed by atoms with Crippen molar-refractivity contribution in [3.05, 3.63) is 65.2 Å². The van der Waals surface area contributed by atoms with Gasteiger partial charge in [-0.1, -0.05) is 48.5 Å². The summed E-state index contributed by atoms with van der Waals surface area (Å²) in [5.74, 6) is 0.0610. The molecule has 2 aromatic rings. The summed E-state index contributed by atoms with van der Waals surface area (Å²) in [5.41, 5.74) is 4.38. The van der Waals surface area contributed by atoms with Crippen molar-refractivity contribution in [2.75, 3.05) is 12.4 Å². The molecular formula is C19H25N2O+. The SMILES string of the molecule is Cc1cccc(C)c1NC(=O)[C@@H](C)[NH+](C)Cc1ccccc1. The van der Waals surface area contributed by atoms with Gasteiger partial charge in [0.05, 0.1) is 7.05 Å². The van der Waals surface area contributed by atoms with Crippen LogP contribution in [0.5, 0.6) is 0 Å². The van der Waals surface area contributed by atoms with Crippen molar-refractivity contribution in [2.24, 2.45) is 0 Å². The Morgan fingerprint density at radius 3 is 2.23 bits per heavy atom. The standard InChI is InChI=1S/C19H24N2O/c1-14-9-8-10-15(2)18(14)20-19(22)16(3)21(4)13-17-11-6-5-7-12-17/h5-12,16H,13H2,1-4H3,(H,20,22)/p+1/t16-/m1/s1. The summed E-state index contributed by atoms with van der Waals surface area (Å²) in [5, 5.41) is 3.09. The predicted octanol–water partition coefficient (Wildman–Crippen LogP) is 2.35. The smallest absolute Gasteiger partial charge is 0.282 e. The number of rotatable bonds is 5. The third kappa shape index (κ3) is 3.95. The molecule has 0 radical (unpaired) electrons. The average Bonchev–Trinajstić information content (AvgIpc) is 2.51. The number of anilines is 1. The number of aryl methyl sites for hydroxylation is 2. The van der Waals surface area contributed by atoms with Crippen molar-refractivity contribution < 1.29 is 9.69 Å². The average molecular weight is 297 g/mol. The molecule has 0 saturated heterocycles. The molecule has 3 heteroatoms. The third-order valence-corrected chi connectivity index (χ3v) is 4.19. The molecule has 3 nitrogen and oxygen atoms in total. The summed E-state index contributed by atoms with van der Waals surface area (Å²) in [6, 6.07) is 16.2. The van der Waals surface area contributed by atoms with Crippen molar-refractivity contribution in [1.29, 1.82) is 0 Å². The molecule has 0 saturated carbocycles. The van der Waals surface area contributed by atoms with Crippen LogP contribution in [0.15, 0.2) is 48.5 Å². The van der Waals surface area contributed by atoms with Crippen LogP contribution in [0.2, 0.25) is 0 Å². The molecule has 2 N–H and O–H groups in total. The Balaban J connectivity index is 2.03. The van der Waals surface area contributed by atoms with Gasteiger partial charge < -0.3 is 10.2 Å². The zero-order valence-electron chi connectivity index (χ0n) is 13.8. The maximum absolute atomic E-state index is 12.5. The zero-order chi connectivity index (χ0) is 16.1. The number of carbonyl (C=O) groups is 1. The minimum absolute atomic E-state index is 0.0610. The second kappa shape index (κ2) is 7.23. The predicted molar refractivity (Wildman–Crippen MR) is 91.0 cm³/mol. The summed E-state index contributed by atoms with van der Waals surface area (Å²) in [7, 11) is 2.06. The fraction of sp³-hybridized carbons (Fsp3) is 0.316. The van der Waals surface area contributed by atoms with E-state index in [2.05, 4.69) is 24.5 Å². The highest BCUT2D eigenvalue weighted by Crippen LogP contribution is 2.19. The first-order chi connectivity index (χ1) is 10.5. The third-order valence-electron chi connectivity index (χ3n) is 4.19. The van der Waals surface area contributed by atoms with E-state index in [0.717, 1.165) is 23.4 Å². The first-order valence-electron chi connectivity index (χ1n) is 7.72. The van der Waals surface area contributed by atoms with Crippen LogP contribution in [-0.2, 0) is 11.3 Å². The molecule has 116 valence electrons. The lowest BCUT2D eigenvalue weighted by Crippen LogP contribution is -3.12. The number of likely N-dealkylation sites (N-methyl/N-ethyl adjacent to an activating group) is 1. The normalized spacial score (nSPS) is 13.5. The van der Waals surface area contributed by atoms with Gasteiger partial charge in [0.25, 0.3) is 5.91 Å². The van der Waals surface area contributed by atoms with Gasteiger partial charge >= 0.3 is 0 Å². The number of benzene rings is 2. The van der Waals surface area contributed by atoms with Crippen LogP contribution in [0.4, 0.5) is 5.69 Å². The van der Waals surface area contributed by atoms with Crippen LogP contribution in [0.1, 0.15) is 23.6 Å². The van der Waals surface area contributed by atoms with Crippen LogP contribution < -0.4 is 10.2 Å². The van der Waals surface area contributed by atoms with E-state index in [1.807, 2.05) is 57.2 Å². The number of hydrogen-bond donors (Lipinski definition) is 2. The second-order valence-corrected chi connectivity index (χ2v) is 5.99. The van der Waals surface area contributed by atoms with Crippen molar-refractivity contribution >= 4 is 11.6 Å². The molecule has 2 rings (SSSR count). The molecular weight excluding hydrogens is 272 g/mol. The maximum atomic E-state index is 12.5. The number of hydrogen-bond acceptors (Lipinski definition) is 1. The largest absolute Gasteiger partial charge is 0.324 e. The number of nitrogens with one attached hydrogen (secondary N) is 2. The molecule has 22 heavy (non-hydrogen) atoms. The van der Waals surface area contributed by atoms with Gasteiger partial charge in [0, 0.05) is 11.3 Å². The molecule has 0 aliphatic carbocycles. The van der Waals surface area contributed by atoms with Crippen molar-refractivity contribution in [3.63, 3.8) is 0 Å². The molecule has 0 bridgehead atoms. The van der Waals surface area contributed by atoms with E-state index in [1.165, 1.54) is 10.5 Å². The van der Waals surface area contributed by atoms with Crippen molar-refractivity contribution in [1.82, 2.24) is 0 Å². The van der Waals surface area contributed by atoms with Gasteiger partial charge in [-0.3, -0.25) is 4.79 Å². The van der Waals surface area contributed by atoms with E-state index in [1.54, 1.807) is 0 Å². The molecule has 0 spiro atoms. The highest BCUT2D eigenvalue weighted by Gasteiger charge is 2.22. The first-order valence-corrected chi connectivity index (χ1v) is 7.72. The van der Waals surface area contributed by atoms with E-state index in [-0.39, 0.29) is 11.9 Å². The Morgan fingerprint density at radius 1 is 1.05 bits per heavy atom. The van der Waals surface area contributed by atoms with Gasteiger partial charge in [-0.2, -0.15) is 0 Å². The Morgan fingerprint density at radius 2 is 1.64 bits per heavy atom.